The highest BCUT2D eigenvalue weighted by atomic mass is 16.5. The van der Waals surface area contributed by atoms with E-state index in [1.54, 1.807) is 6.92 Å². The van der Waals surface area contributed by atoms with E-state index >= 15 is 0 Å². The third-order valence-corrected chi connectivity index (χ3v) is 2.40. The Morgan fingerprint density at radius 2 is 2.06 bits per heavy atom. The van der Waals surface area contributed by atoms with Gasteiger partial charge in [0.2, 0.25) is 0 Å². The molecule has 0 aliphatic carbocycles. The zero-order chi connectivity index (χ0) is 12.8. The molecule has 2 aromatic rings. The zero-order valence-corrected chi connectivity index (χ0v) is 10.1. The Balaban J connectivity index is 2.06. The van der Waals surface area contributed by atoms with Crippen LogP contribution in [0.1, 0.15) is 6.92 Å². The van der Waals surface area contributed by atoms with Crippen molar-refractivity contribution in [2.45, 2.75) is 6.92 Å². The van der Waals surface area contributed by atoms with Gasteiger partial charge in [-0.05, 0) is 29.8 Å². The number of benzene rings is 2. The Hall–Kier alpha value is -2.36. The van der Waals surface area contributed by atoms with Crippen molar-refractivity contribution in [3.8, 4) is 0 Å². The summed E-state index contributed by atoms with van der Waals surface area (Å²) < 4.78 is 4.72. The van der Waals surface area contributed by atoms with Gasteiger partial charge in [-0.25, -0.2) is 4.79 Å². The molecule has 0 saturated heterocycles. The van der Waals surface area contributed by atoms with Crippen LogP contribution in [0, 0.1) is 0 Å². The Morgan fingerprint density at radius 3 is 2.83 bits per heavy atom. The van der Waals surface area contributed by atoms with Gasteiger partial charge in [-0.2, -0.15) is 5.10 Å². The van der Waals surface area contributed by atoms with Crippen molar-refractivity contribution in [3.63, 3.8) is 0 Å². The van der Waals surface area contributed by atoms with Crippen LogP contribution in [0.25, 0.3) is 10.8 Å². The number of carbonyl (C=O) groups excluding carboxylic acids is 1. The van der Waals surface area contributed by atoms with E-state index in [2.05, 4.69) is 10.5 Å². The van der Waals surface area contributed by atoms with Crippen LogP contribution in [0.3, 0.4) is 0 Å². The number of nitrogens with zero attached hydrogens (tertiary/aromatic N) is 1. The molecule has 4 heteroatoms. The summed E-state index contributed by atoms with van der Waals surface area (Å²) >= 11 is 0. The highest BCUT2D eigenvalue weighted by Gasteiger charge is 1.96. The van der Waals surface area contributed by atoms with E-state index in [1.807, 2.05) is 42.5 Å². The number of esters is 1. The lowest BCUT2D eigenvalue weighted by atomic mass is 10.1. The highest BCUT2D eigenvalue weighted by molar-refractivity contribution is 6.23. The van der Waals surface area contributed by atoms with Crippen molar-refractivity contribution in [1.29, 1.82) is 0 Å². The predicted molar refractivity (Wildman–Crippen MR) is 72.7 cm³/mol. The summed E-state index contributed by atoms with van der Waals surface area (Å²) in [5.74, 6) is -0.453. The normalized spacial score (nSPS) is 10.7. The topological polar surface area (TPSA) is 50.7 Å². The molecule has 0 bridgehead atoms. The van der Waals surface area contributed by atoms with Crippen LogP contribution in [0.5, 0.6) is 0 Å². The van der Waals surface area contributed by atoms with E-state index in [4.69, 9.17) is 4.74 Å². The molecule has 0 aromatic heterocycles. The van der Waals surface area contributed by atoms with Gasteiger partial charge in [-0.1, -0.05) is 30.3 Å². The van der Waals surface area contributed by atoms with E-state index in [-0.39, 0.29) is 0 Å². The molecule has 0 fully saturated rings. The fourth-order valence-corrected chi connectivity index (χ4v) is 1.60. The lowest BCUT2D eigenvalue weighted by molar-refractivity contribution is -0.134. The van der Waals surface area contributed by atoms with E-state index in [1.165, 1.54) is 0 Å². The second kappa shape index (κ2) is 5.82. The van der Waals surface area contributed by atoms with Crippen LogP contribution in [0.15, 0.2) is 47.6 Å². The molecule has 4 nitrogen and oxygen atoms in total. The standard InChI is InChI=1S/C14H14N2O2/c1-2-18-14(17)10-15-16-13-8-7-11-5-3-4-6-12(11)9-13/h3-10,16H,2H2,1H3/b15-10+. The molecule has 0 heterocycles. The van der Waals surface area contributed by atoms with Crippen molar-refractivity contribution in [1.82, 2.24) is 0 Å². The molecular formula is C14H14N2O2. The Morgan fingerprint density at radius 1 is 1.28 bits per heavy atom. The van der Waals surface area contributed by atoms with Crippen molar-refractivity contribution < 1.29 is 9.53 Å². The van der Waals surface area contributed by atoms with Crippen LogP contribution < -0.4 is 5.43 Å². The SMILES string of the molecule is CCOC(=O)/C=N/Nc1ccc2ccccc2c1. The number of ether oxygens (including phenoxy) is 1. The third-order valence-electron chi connectivity index (χ3n) is 2.40. The van der Waals surface area contributed by atoms with Crippen molar-refractivity contribution >= 4 is 28.6 Å². The number of anilines is 1. The maximum Gasteiger partial charge on any atom is 0.351 e. The van der Waals surface area contributed by atoms with Gasteiger partial charge in [0.1, 0.15) is 6.21 Å². The summed E-state index contributed by atoms with van der Waals surface area (Å²) in [6.45, 7) is 2.10. The van der Waals surface area contributed by atoms with Gasteiger partial charge in [0.15, 0.2) is 0 Å². The average Bonchev–Trinajstić information content (AvgIpc) is 2.39. The monoisotopic (exact) mass is 242 g/mol. The maximum atomic E-state index is 11.0. The minimum absolute atomic E-state index is 0.348. The Bertz CT molecular complexity index is 579. The number of hydrogen-bond donors (Lipinski definition) is 1. The van der Waals surface area contributed by atoms with Gasteiger partial charge >= 0.3 is 5.97 Å². The second-order valence-corrected chi connectivity index (χ2v) is 3.68. The van der Waals surface area contributed by atoms with Crippen LogP contribution >= 0.6 is 0 Å². The van der Waals surface area contributed by atoms with Gasteiger partial charge in [0.25, 0.3) is 0 Å². The lowest BCUT2D eigenvalue weighted by Crippen LogP contribution is -2.06. The smallest absolute Gasteiger partial charge is 0.351 e. The van der Waals surface area contributed by atoms with Crippen LogP contribution in [-0.4, -0.2) is 18.8 Å². The van der Waals surface area contributed by atoms with E-state index in [0.29, 0.717) is 6.61 Å². The average molecular weight is 242 g/mol. The van der Waals surface area contributed by atoms with Crippen molar-refractivity contribution in [2.24, 2.45) is 5.10 Å². The number of hydrazone groups is 1. The van der Waals surface area contributed by atoms with E-state index in [0.717, 1.165) is 22.7 Å². The number of fused-ring (bicyclic) bond motifs is 1. The summed E-state index contributed by atoms with van der Waals surface area (Å²) in [5, 5.41) is 6.10. The van der Waals surface area contributed by atoms with E-state index in [9.17, 15) is 4.79 Å². The van der Waals surface area contributed by atoms with Gasteiger partial charge in [0.05, 0.1) is 12.3 Å². The molecule has 18 heavy (non-hydrogen) atoms. The summed E-state index contributed by atoms with van der Waals surface area (Å²) in [7, 11) is 0. The van der Waals surface area contributed by atoms with Crippen LogP contribution in [0.2, 0.25) is 0 Å². The molecule has 0 amide bonds. The molecule has 2 rings (SSSR count). The minimum atomic E-state index is -0.453. The van der Waals surface area contributed by atoms with Gasteiger partial charge in [-0.3, -0.25) is 5.43 Å². The first-order valence-electron chi connectivity index (χ1n) is 5.74. The van der Waals surface area contributed by atoms with Gasteiger partial charge in [-0.15, -0.1) is 0 Å². The minimum Gasteiger partial charge on any atom is -0.462 e. The van der Waals surface area contributed by atoms with Gasteiger partial charge in [0, 0.05) is 0 Å². The predicted octanol–water partition coefficient (Wildman–Crippen LogP) is 2.80. The zero-order valence-electron chi connectivity index (χ0n) is 10.1. The van der Waals surface area contributed by atoms with Crippen LogP contribution in [0.4, 0.5) is 5.69 Å². The molecule has 1 N–H and O–H groups in total. The fraction of sp³-hybridized carbons (Fsp3) is 0.143. The fourth-order valence-electron chi connectivity index (χ4n) is 1.60. The Kier molecular flexibility index (Phi) is 3.91. The maximum absolute atomic E-state index is 11.0. The molecular weight excluding hydrogens is 228 g/mol. The van der Waals surface area contributed by atoms with Crippen LogP contribution in [-0.2, 0) is 9.53 Å². The molecule has 92 valence electrons. The summed E-state index contributed by atoms with van der Waals surface area (Å²) in [6.07, 6.45) is 1.12. The first-order valence-corrected chi connectivity index (χ1v) is 5.74. The molecule has 0 aliphatic rings. The second-order valence-electron chi connectivity index (χ2n) is 3.68. The number of hydrogen-bond acceptors (Lipinski definition) is 4. The molecule has 0 unspecified atom stereocenters. The lowest BCUT2D eigenvalue weighted by Gasteiger charge is -2.02. The van der Waals surface area contributed by atoms with E-state index < -0.39 is 5.97 Å². The third kappa shape index (κ3) is 3.07. The molecule has 0 radical (unpaired) electrons. The number of rotatable bonds is 4. The first kappa shape index (κ1) is 12.1. The first-order chi connectivity index (χ1) is 8.79. The summed E-state index contributed by atoms with van der Waals surface area (Å²) in [4.78, 5) is 11.0. The summed E-state index contributed by atoms with van der Waals surface area (Å²) in [6, 6.07) is 13.9. The highest BCUT2D eigenvalue weighted by Crippen LogP contribution is 2.18. The summed E-state index contributed by atoms with van der Waals surface area (Å²) in [5.41, 5.74) is 3.62. The van der Waals surface area contributed by atoms with Crippen molar-refractivity contribution in [2.75, 3.05) is 12.0 Å². The quantitative estimate of drug-likeness (QED) is 0.509. The number of nitrogens with one attached hydrogen (secondary N) is 1. The Labute approximate surface area is 105 Å². The van der Waals surface area contributed by atoms with Gasteiger partial charge < -0.3 is 4.74 Å². The molecule has 0 spiro atoms. The molecule has 2 aromatic carbocycles. The largest absolute Gasteiger partial charge is 0.462 e. The van der Waals surface area contributed by atoms with Crippen molar-refractivity contribution in [3.05, 3.63) is 42.5 Å². The molecule has 0 saturated carbocycles. The molecule has 0 aliphatic heterocycles. The molecule has 0 atom stereocenters. The number of carbonyl (C=O) groups is 1.